The number of sulfone groups is 1. The number of nitrogens with zero attached hydrogens (tertiary/aromatic N) is 3. The van der Waals surface area contributed by atoms with Gasteiger partial charge in [0.05, 0.1) is 11.5 Å². The van der Waals surface area contributed by atoms with Crippen LogP contribution in [-0.2, 0) is 29.0 Å². The van der Waals surface area contributed by atoms with Gasteiger partial charge in [-0.05, 0) is 26.2 Å². The van der Waals surface area contributed by atoms with E-state index in [1.807, 2.05) is 0 Å². The van der Waals surface area contributed by atoms with Crippen molar-refractivity contribution in [3.63, 3.8) is 0 Å². The molecule has 4 amide bonds. The quantitative estimate of drug-likeness (QED) is 0.423. The predicted octanol–water partition coefficient (Wildman–Crippen LogP) is 0.162. The number of carbonyl (C=O) groups excluding carboxylic acids is 4. The molecule has 0 bridgehead atoms. The summed E-state index contributed by atoms with van der Waals surface area (Å²) in [4.78, 5) is 53.8. The zero-order valence-electron chi connectivity index (χ0n) is 17.5. The number of ether oxygens (including phenoxy) is 1. The van der Waals surface area contributed by atoms with Crippen LogP contribution in [0.2, 0.25) is 0 Å². The van der Waals surface area contributed by atoms with E-state index in [1.165, 1.54) is 9.80 Å². The van der Waals surface area contributed by atoms with Crippen molar-refractivity contribution in [2.24, 2.45) is 0 Å². The lowest BCUT2D eigenvalue weighted by molar-refractivity contribution is -0.154. The molecule has 2 aliphatic heterocycles. The number of carbonyl (C=O) groups is 4. The topological polar surface area (TPSA) is 121 Å². The highest BCUT2D eigenvalue weighted by atomic mass is 32.2. The molecule has 11 heteroatoms. The molecular formula is C19H29N3O7S. The number of likely N-dealkylation sites (N-methyl/N-ethyl adjacent to an activating group) is 2. The SMILES string of the molecule is CCN(C(=O)COC(=O)CN1C(=O)N(C)C2(CCCCC2)C1=O)C1CCS(=O)(=O)C1. The van der Waals surface area contributed by atoms with E-state index in [2.05, 4.69) is 0 Å². The van der Waals surface area contributed by atoms with E-state index in [0.717, 1.165) is 24.2 Å². The molecule has 2 saturated heterocycles. The number of urea groups is 1. The van der Waals surface area contributed by atoms with E-state index in [9.17, 15) is 27.6 Å². The van der Waals surface area contributed by atoms with Gasteiger partial charge >= 0.3 is 12.0 Å². The molecule has 2 heterocycles. The summed E-state index contributed by atoms with van der Waals surface area (Å²) in [6, 6.07) is -0.954. The molecule has 10 nitrogen and oxygen atoms in total. The number of rotatable bonds is 6. The largest absolute Gasteiger partial charge is 0.454 e. The number of hydrogen-bond acceptors (Lipinski definition) is 7. The highest BCUT2D eigenvalue weighted by molar-refractivity contribution is 7.91. The fraction of sp³-hybridized carbons (Fsp3) is 0.789. The van der Waals surface area contributed by atoms with Crippen molar-refractivity contribution in [2.75, 3.05) is 38.2 Å². The highest BCUT2D eigenvalue weighted by Crippen LogP contribution is 2.39. The third-order valence-electron chi connectivity index (χ3n) is 6.44. The molecule has 0 aromatic heterocycles. The average molecular weight is 444 g/mol. The number of imide groups is 1. The Kier molecular flexibility index (Phi) is 6.40. The summed E-state index contributed by atoms with van der Waals surface area (Å²) in [6.07, 6.45) is 4.22. The van der Waals surface area contributed by atoms with Crippen LogP contribution in [0.3, 0.4) is 0 Å². The van der Waals surface area contributed by atoms with Crippen LogP contribution < -0.4 is 0 Å². The van der Waals surface area contributed by atoms with Crippen molar-refractivity contribution in [2.45, 2.75) is 57.0 Å². The molecule has 3 fully saturated rings. The van der Waals surface area contributed by atoms with Crippen LogP contribution >= 0.6 is 0 Å². The first kappa shape index (κ1) is 22.5. The van der Waals surface area contributed by atoms with Gasteiger partial charge in [-0.15, -0.1) is 0 Å². The molecule has 1 unspecified atom stereocenters. The van der Waals surface area contributed by atoms with Gasteiger partial charge in [0.2, 0.25) is 0 Å². The van der Waals surface area contributed by atoms with Gasteiger partial charge in [-0.25, -0.2) is 13.2 Å². The van der Waals surface area contributed by atoms with Gasteiger partial charge in [0.1, 0.15) is 12.1 Å². The minimum absolute atomic E-state index is 0.0374. The zero-order chi connectivity index (χ0) is 22.1. The van der Waals surface area contributed by atoms with E-state index in [0.29, 0.717) is 25.8 Å². The third kappa shape index (κ3) is 4.17. The van der Waals surface area contributed by atoms with Crippen LogP contribution in [0, 0.1) is 0 Å². The summed E-state index contributed by atoms with van der Waals surface area (Å²) >= 11 is 0. The fourth-order valence-corrected chi connectivity index (χ4v) is 6.46. The Morgan fingerprint density at radius 3 is 2.43 bits per heavy atom. The maximum atomic E-state index is 12.9. The first-order valence-corrected chi connectivity index (χ1v) is 12.2. The minimum atomic E-state index is -3.15. The number of hydrogen-bond donors (Lipinski definition) is 0. The zero-order valence-corrected chi connectivity index (χ0v) is 18.3. The fourth-order valence-electron chi connectivity index (χ4n) is 4.73. The lowest BCUT2D eigenvalue weighted by Gasteiger charge is -2.35. The Morgan fingerprint density at radius 2 is 1.87 bits per heavy atom. The van der Waals surface area contributed by atoms with Crippen LogP contribution in [0.5, 0.6) is 0 Å². The maximum Gasteiger partial charge on any atom is 0.327 e. The second kappa shape index (κ2) is 8.52. The van der Waals surface area contributed by atoms with Gasteiger partial charge in [0.25, 0.3) is 11.8 Å². The van der Waals surface area contributed by atoms with Crippen LogP contribution in [0.25, 0.3) is 0 Å². The molecule has 1 aliphatic carbocycles. The van der Waals surface area contributed by atoms with Crippen LogP contribution in [0.4, 0.5) is 4.79 Å². The van der Waals surface area contributed by atoms with Gasteiger partial charge in [-0.3, -0.25) is 19.3 Å². The predicted molar refractivity (Wildman–Crippen MR) is 106 cm³/mol. The van der Waals surface area contributed by atoms with E-state index >= 15 is 0 Å². The number of amides is 4. The molecule has 1 saturated carbocycles. The standard InChI is InChI=1S/C19H29N3O7S/c1-3-21(14-7-10-30(27,28)13-14)15(23)12-29-16(24)11-22-17(25)19(20(2)18(22)26)8-5-4-6-9-19/h14H,3-13H2,1-2H3. The van der Waals surface area contributed by atoms with Gasteiger partial charge < -0.3 is 14.5 Å². The summed E-state index contributed by atoms with van der Waals surface area (Å²) < 4.78 is 28.3. The van der Waals surface area contributed by atoms with Crippen LogP contribution in [0.1, 0.15) is 45.4 Å². The van der Waals surface area contributed by atoms with Crippen molar-refractivity contribution >= 4 is 33.7 Å². The van der Waals surface area contributed by atoms with Gasteiger partial charge in [-0.2, -0.15) is 0 Å². The van der Waals surface area contributed by atoms with E-state index in [1.54, 1.807) is 14.0 Å². The Balaban J connectivity index is 1.56. The van der Waals surface area contributed by atoms with E-state index < -0.39 is 52.5 Å². The molecule has 1 atom stereocenters. The molecule has 0 aromatic carbocycles. The summed E-state index contributed by atoms with van der Waals surface area (Å²) in [7, 11) is -1.57. The summed E-state index contributed by atoms with van der Waals surface area (Å²) in [5.41, 5.74) is -0.877. The molecule has 3 aliphatic rings. The summed E-state index contributed by atoms with van der Waals surface area (Å²) in [5, 5.41) is 0. The smallest absolute Gasteiger partial charge is 0.327 e. The molecule has 1 spiro atoms. The average Bonchev–Trinajstić information content (AvgIpc) is 3.15. The summed E-state index contributed by atoms with van der Waals surface area (Å²) in [5.74, 6) is -1.78. The van der Waals surface area contributed by atoms with Crippen molar-refractivity contribution in [1.82, 2.24) is 14.7 Å². The van der Waals surface area contributed by atoms with Crippen molar-refractivity contribution < 1.29 is 32.3 Å². The second-order valence-electron chi connectivity index (χ2n) is 8.22. The Morgan fingerprint density at radius 1 is 1.20 bits per heavy atom. The second-order valence-corrected chi connectivity index (χ2v) is 10.5. The molecule has 0 radical (unpaired) electrons. The van der Waals surface area contributed by atoms with Crippen molar-refractivity contribution in [1.29, 1.82) is 0 Å². The monoisotopic (exact) mass is 443 g/mol. The van der Waals surface area contributed by atoms with Gasteiger partial charge in [-0.1, -0.05) is 19.3 Å². The van der Waals surface area contributed by atoms with Crippen LogP contribution in [0.15, 0.2) is 0 Å². The molecule has 168 valence electrons. The molecule has 0 aromatic rings. The van der Waals surface area contributed by atoms with Gasteiger partial charge in [0.15, 0.2) is 16.4 Å². The molecule has 3 rings (SSSR count). The Labute approximate surface area is 176 Å². The third-order valence-corrected chi connectivity index (χ3v) is 8.19. The van der Waals surface area contributed by atoms with Crippen molar-refractivity contribution in [3.05, 3.63) is 0 Å². The molecule has 30 heavy (non-hydrogen) atoms. The minimum Gasteiger partial charge on any atom is -0.454 e. The lowest BCUT2D eigenvalue weighted by Crippen LogP contribution is -2.49. The van der Waals surface area contributed by atoms with E-state index in [4.69, 9.17) is 4.74 Å². The highest BCUT2D eigenvalue weighted by Gasteiger charge is 2.56. The Hall–Kier alpha value is -2.17. The first-order valence-electron chi connectivity index (χ1n) is 10.4. The first-order chi connectivity index (χ1) is 14.1. The normalized spacial score (nSPS) is 25.1. The van der Waals surface area contributed by atoms with Crippen LogP contribution in [-0.4, -0.2) is 96.8 Å². The number of esters is 1. The molecular weight excluding hydrogens is 414 g/mol. The summed E-state index contributed by atoms with van der Waals surface area (Å²) in [6.45, 7) is 0.931. The lowest BCUT2D eigenvalue weighted by atomic mass is 9.81. The molecule has 0 N–H and O–H groups in total. The van der Waals surface area contributed by atoms with E-state index in [-0.39, 0.29) is 17.4 Å². The van der Waals surface area contributed by atoms with Crippen molar-refractivity contribution in [3.8, 4) is 0 Å². The Bertz CT molecular complexity index is 835. The van der Waals surface area contributed by atoms with Gasteiger partial charge in [0, 0.05) is 19.6 Å². The maximum absolute atomic E-state index is 12.9.